The zero-order valence-corrected chi connectivity index (χ0v) is 10.2. The molecule has 0 saturated heterocycles. The third kappa shape index (κ3) is 4.94. The number of hydrogen-bond donors (Lipinski definition) is 2. The summed E-state index contributed by atoms with van der Waals surface area (Å²) in [6.45, 7) is 9.29. The average molecular weight is 203 g/mol. The van der Waals surface area contributed by atoms with Crippen molar-refractivity contribution >= 4 is 0 Å². The summed E-state index contributed by atoms with van der Waals surface area (Å²) in [7, 11) is 1.71. The topological polar surface area (TPSA) is 41.5 Å². The van der Waals surface area contributed by atoms with E-state index in [9.17, 15) is 5.11 Å². The Kier molecular flexibility index (Phi) is 5.64. The Balaban J connectivity index is 4.23. The molecular weight excluding hydrogens is 178 g/mol. The summed E-state index contributed by atoms with van der Waals surface area (Å²) in [5.74, 6) is 0. The van der Waals surface area contributed by atoms with E-state index in [2.05, 4.69) is 12.2 Å². The van der Waals surface area contributed by atoms with Gasteiger partial charge in [0.15, 0.2) is 0 Å². The van der Waals surface area contributed by atoms with Crippen LogP contribution in [0, 0.1) is 0 Å². The fourth-order valence-corrected chi connectivity index (χ4v) is 1.61. The Labute approximate surface area is 87.8 Å². The first-order valence-corrected chi connectivity index (χ1v) is 5.30. The highest BCUT2D eigenvalue weighted by molar-refractivity contribution is 4.89. The number of rotatable bonds is 7. The summed E-state index contributed by atoms with van der Waals surface area (Å²) in [6, 6.07) is 0. The van der Waals surface area contributed by atoms with Gasteiger partial charge in [0.25, 0.3) is 0 Å². The van der Waals surface area contributed by atoms with Crippen LogP contribution in [0.1, 0.15) is 40.5 Å². The molecule has 0 rings (SSSR count). The summed E-state index contributed by atoms with van der Waals surface area (Å²) in [4.78, 5) is 0. The second-order valence-electron chi connectivity index (χ2n) is 4.79. The van der Waals surface area contributed by atoms with Crippen molar-refractivity contribution in [2.45, 2.75) is 51.7 Å². The molecule has 14 heavy (non-hydrogen) atoms. The van der Waals surface area contributed by atoms with Crippen LogP contribution in [0.4, 0.5) is 0 Å². The molecule has 0 aliphatic heterocycles. The summed E-state index contributed by atoms with van der Waals surface area (Å²) >= 11 is 0. The van der Waals surface area contributed by atoms with Gasteiger partial charge in [0.05, 0.1) is 12.2 Å². The van der Waals surface area contributed by atoms with Crippen molar-refractivity contribution in [2.24, 2.45) is 0 Å². The van der Waals surface area contributed by atoms with E-state index in [0.29, 0.717) is 0 Å². The van der Waals surface area contributed by atoms with Crippen molar-refractivity contribution in [1.82, 2.24) is 5.32 Å². The molecule has 3 nitrogen and oxygen atoms in total. The van der Waals surface area contributed by atoms with Crippen LogP contribution in [0.5, 0.6) is 0 Å². The van der Waals surface area contributed by atoms with E-state index >= 15 is 0 Å². The quantitative estimate of drug-likeness (QED) is 0.659. The van der Waals surface area contributed by atoms with Gasteiger partial charge in [-0.15, -0.1) is 0 Å². The van der Waals surface area contributed by atoms with Crippen LogP contribution in [0.2, 0.25) is 0 Å². The molecule has 0 saturated carbocycles. The normalized spacial score (nSPS) is 16.7. The average Bonchev–Trinajstić information content (AvgIpc) is 2.14. The van der Waals surface area contributed by atoms with Crippen molar-refractivity contribution in [2.75, 3.05) is 20.3 Å². The van der Waals surface area contributed by atoms with Crippen molar-refractivity contribution in [3.63, 3.8) is 0 Å². The Bertz CT molecular complexity index is 159. The summed E-state index contributed by atoms with van der Waals surface area (Å²) in [5.41, 5.74) is -0.437. The van der Waals surface area contributed by atoms with Crippen LogP contribution < -0.4 is 5.32 Å². The Morgan fingerprint density at radius 1 is 1.29 bits per heavy atom. The smallest absolute Gasteiger partial charge is 0.0641 e. The number of hydrogen-bond acceptors (Lipinski definition) is 3. The first kappa shape index (κ1) is 13.9. The highest BCUT2D eigenvalue weighted by Crippen LogP contribution is 2.22. The van der Waals surface area contributed by atoms with Gasteiger partial charge in [-0.3, -0.25) is 0 Å². The zero-order chi connectivity index (χ0) is 11.2. The fourth-order valence-electron chi connectivity index (χ4n) is 1.61. The van der Waals surface area contributed by atoms with E-state index in [4.69, 9.17) is 4.74 Å². The highest BCUT2D eigenvalue weighted by atomic mass is 16.5. The van der Waals surface area contributed by atoms with Gasteiger partial charge >= 0.3 is 0 Å². The van der Waals surface area contributed by atoms with E-state index < -0.39 is 0 Å². The largest absolute Gasteiger partial charge is 0.394 e. The molecule has 86 valence electrons. The fraction of sp³-hybridized carbons (Fsp3) is 1.00. The number of methoxy groups -OCH3 is 1. The van der Waals surface area contributed by atoms with Gasteiger partial charge in [-0.1, -0.05) is 6.92 Å². The second-order valence-corrected chi connectivity index (χ2v) is 4.79. The molecule has 1 unspecified atom stereocenters. The Morgan fingerprint density at radius 3 is 2.21 bits per heavy atom. The maximum absolute atomic E-state index is 9.35. The molecule has 0 heterocycles. The van der Waals surface area contributed by atoms with E-state index in [0.717, 1.165) is 19.4 Å². The van der Waals surface area contributed by atoms with Crippen molar-refractivity contribution in [3.05, 3.63) is 0 Å². The van der Waals surface area contributed by atoms with Gasteiger partial charge in [-0.2, -0.15) is 0 Å². The molecule has 0 aliphatic carbocycles. The van der Waals surface area contributed by atoms with E-state index in [1.54, 1.807) is 7.11 Å². The van der Waals surface area contributed by atoms with Gasteiger partial charge in [0.1, 0.15) is 0 Å². The predicted molar refractivity (Wildman–Crippen MR) is 59.5 cm³/mol. The molecule has 0 amide bonds. The molecule has 0 aliphatic rings. The first-order chi connectivity index (χ1) is 6.39. The van der Waals surface area contributed by atoms with E-state index in [1.807, 2.05) is 20.8 Å². The molecule has 1 atom stereocenters. The summed E-state index contributed by atoms with van der Waals surface area (Å²) in [6.07, 6.45) is 1.87. The van der Waals surface area contributed by atoms with Crippen LogP contribution in [0.25, 0.3) is 0 Å². The lowest BCUT2D eigenvalue weighted by Crippen LogP contribution is -2.50. The third-order valence-electron chi connectivity index (χ3n) is 2.52. The Hall–Kier alpha value is -0.120. The second kappa shape index (κ2) is 5.69. The zero-order valence-electron chi connectivity index (χ0n) is 10.2. The van der Waals surface area contributed by atoms with Gasteiger partial charge in [0, 0.05) is 12.6 Å². The molecular formula is C11H25NO2. The van der Waals surface area contributed by atoms with Gasteiger partial charge in [0.2, 0.25) is 0 Å². The predicted octanol–water partition coefficient (Wildman–Crippen LogP) is 1.55. The van der Waals surface area contributed by atoms with Crippen LogP contribution in [0.15, 0.2) is 0 Å². The molecule has 0 spiro atoms. The van der Waals surface area contributed by atoms with Gasteiger partial charge in [-0.05, 0) is 40.2 Å². The third-order valence-corrected chi connectivity index (χ3v) is 2.52. The molecule has 0 fully saturated rings. The minimum Gasteiger partial charge on any atom is -0.394 e. The van der Waals surface area contributed by atoms with Gasteiger partial charge in [-0.25, -0.2) is 0 Å². The minimum absolute atomic E-state index is 0.139. The Morgan fingerprint density at radius 2 is 1.86 bits per heavy atom. The first-order valence-electron chi connectivity index (χ1n) is 5.30. The number of aliphatic hydroxyl groups is 1. The molecule has 0 bridgehead atoms. The van der Waals surface area contributed by atoms with Gasteiger partial charge < -0.3 is 15.2 Å². The summed E-state index contributed by atoms with van der Waals surface area (Å²) < 4.78 is 5.36. The molecule has 0 radical (unpaired) electrons. The molecule has 3 heteroatoms. The van der Waals surface area contributed by atoms with Crippen molar-refractivity contribution in [1.29, 1.82) is 0 Å². The number of ether oxygens (including phenoxy) is 1. The lowest BCUT2D eigenvalue weighted by Gasteiger charge is -2.36. The van der Waals surface area contributed by atoms with Crippen molar-refractivity contribution < 1.29 is 9.84 Å². The molecule has 0 aromatic heterocycles. The van der Waals surface area contributed by atoms with Crippen LogP contribution >= 0.6 is 0 Å². The molecule has 2 N–H and O–H groups in total. The SMILES string of the molecule is CCCNC(C)(CO)CC(C)(C)OC. The molecule has 0 aromatic carbocycles. The van der Waals surface area contributed by atoms with Crippen molar-refractivity contribution in [3.8, 4) is 0 Å². The van der Waals surface area contributed by atoms with Crippen LogP contribution in [-0.4, -0.2) is 36.5 Å². The van der Waals surface area contributed by atoms with Crippen LogP contribution in [-0.2, 0) is 4.74 Å². The molecule has 0 aromatic rings. The number of nitrogens with one attached hydrogen (secondary N) is 1. The summed E-state index contributed by atoms with van der Waals surface area (Å²) in [5, 5.41) is 12.7. The lowest BCUT2D eigenvalue weighted by molar-refractivity contribution is -0.0161. The standard InChI is InChI=1S/C11H25NO2/c1-6-7-12-11(4,9-13)8-10(2,3)14-5/h12-13H,6-9H2,1-5H3. The monoisotopic (exact) mass is 203 g/mol. The van der Waals surface area contributed by atoms with Crippen LogP contribution in [0.3, 0.4) is 0 Å². The van der Waals surface area contributed by atoms with E-state index in [1.165, 1.54) is 0 Å². The van der Waals surface area contributed by atoms with E-state index in [-0.39, 0.29) is 17.7 Å². The maximum Gasteiger partial charge on any atom is 0.0641 e. The minimum atomic E-state index is -0.241. The highest BCUT2D eigenvalue weighted by Gasteiger charge is 2.31. The maximum atomic E-state index is 9.35. The lowest BCUT2D eigenvalue weighted by atomic mass is 9.88. The number of aliphatic hydroxyl groups excluding tert-OH is 1.